The van der Waals surface area contributed by atoms with Gasteiger partial charge in [-0.3, -0.25) is 10.1 Å². The molecule has 0 saturated heterocycles. The highest BCUT2D eigenvalue weighted by Crippen LogP contribution is 2.32. The minimum absolute atomic E-state index is 0.0283. The summed E-state index contributed by atoms with van der Waals surface area (Å²) in [4.78, 5) is 21.2. The molecule has 0 fully saturated rings. The van der Waals surface area contributed by atoms with Gasteiger partial charge < -0.3 is 9.84 Å². The van der Waals surface area contributed by atoms with Gasteiger partial charge >= 0.3 is 5.97 Å². The van der Waals surface area contributed by atoms with E-state index in [0.717, 1.165) is 12.1 Å². The van der Waals surface area contributed by atoms with Crippen LogP contribution in [0.25, 0.3) is 11.1 Å². The fourth-order valence-corrected chi connectivity index (χ4v) is 1.89. The van der Waals surface area contributed by atoms with Crippen molar-refractivity contribution in [3.8, 4) is 16.9 Å². The molecular formula is C14H10FNO5. The minimum Gasteiger partial charge on any atom is -0.494 e. The third kappa shape index (κ3) is 2.81. The summed E-state index contributed by atoms with van der Waals surface area (Å²) in [5.74, 6) is -2.07. The molecule has 2 aromatic carbocycles. The largest absolute Gasteiger partial charge is 0.494 e. The van der Waals surface area contributed by atoms with Crippen LogP contribution in [-0.4, -0.2) is 23.1 Å². The highest BCUT2D eigenvalue weighted by molar-refractivity contribution is 5.90. The molecule has 0 bridgehead atoms. The molecule has 0 amide bonds. The monoisotopic (exact) mass is 291 g/mol. The summed E-state index contributed by atoms with van der Waals surface area (Å²) in [5, 5.41) is 19.9. The predicted molar refractivity (Wildman–Crippen MR) is 72.0 cm³/mol. The number of carboxylic acid groups (broad SMARTS) is 1. The first-order chi connectivity index (χ1) is 9.93. The first-order valence-electron chi connectivity index (χ1n) is 5.79. The molecule has 0 aliphatic rings. The molecule has 0 radical (unpaired) electrons. The number of hydrogen-bond acceptors (Lipinski definition) is 4. The summed E-state index contributed by atoms with van der Waals surface area (Å²) in [7, 11) is 1.29. The normalized spacial score (nSPS) is 10.2. The van der Waals surface area contributed by atoms with E-state index in [4.69, 9.17) is 9.84 Å². The molecular weight excluding hydrogens is 281 g/mol. The molecule has 0 spiro atoms. The fraction of sp³-hybridized carbons (Fsp3) is 0.0714. The zero-order valence-electron chi connectivity index (χ0n) is 10.9. The number of halogens is 1. The lowest BCUT2D eigenvalue weighted by Crippen LogP contribution is -2.00. The van der Waals surface area contributed by atoms with Crippen LogP contribution in [-0.2, 0) is 0 Å². The van der Waals surface area contributed by atoms with Crippen LogP contribution in [0.5, 0.6) is 5.75 Å². The number of nitro benzene ring substituents is 1. The van der Waals surface area contributed by atoms with Gasteiger partial charge in [-0.2, -0.15) is 0 Å². The van der Waals surface area contributed by atoms with Crippen LogP contribution in [0.3, 0.4) is 0 Å². The number of benzene rings is 2. The average molecular weight is 291 g/mol. The number of carbonyl (C=O) groups is 1. The van der Waals surface area contributed by atoms with Gasteiger partial charge in [-0.1, -0.05) is 12.1 Å². The maximum Gasteiger partial charge on any atom is 0.335 e. The van der Waals surface area contributed by atoms with E-state index in [0.29, 0.717) is 0 Å². The number of ether oxygens (including phenoxy) is 1. The first kappa shape index (κ1) is 14.4. The SMILES string of the molecule is COc1cccc(-c2cc(C(=O)O)cc([N+](=O)[O-])c2)c1F. The van der Waals surface area contributed by atoms with Crippen molar-refractivity contribution in [3.63, 3.8) is 0 Å². The van der Waals surface area contributed by atoms with Gasteiger partial charge in [-0.05, 0) is 17.7 Å². The van der Waals surface area contributed by atoms with E-state index in [9.17, 15) is 19.3 Å². The van der Waals surface area contributed by atoms with E-state index in [2.05, 4.69) is 0 Å². The quantitative estimate of drug-likeness (QED) is 0.690. The average Bonchev–Trinajstić information content (AvgIpc) is 2.46. The van der Waals surface area contributed by atoms with Crippen molar-refractivity contribution in [2.75, 3.05) is 7.11 Å². The number of rotatable bonds is 4. The smallest absolute Gasteiger partial charge is 0.335 e. The molecule has 1 N–H and O–H groups in total. The van der Waals surface area contributed by atoms with Gasteiger partial charge in [0.2, 0.25) is 0 Å². The Morgan fingerprint density at radius 2 is 2.05 bits per heavy atom. The lowest BCUT2D eigenvalue weighted by atomic mass is 10.0. The fourth-order valence-electron chi connectivity index (χ4n) is 1.89. The summed E-state index contributed by atoms with van der Waals surface area (Å²) >= 11 is 0. The number of non-ortho nitro benzene ring substituents is 1. The van der Waals surface area contributed by atoms with Gasteiger partial charge in [0.15, 0.2) is 11.6 Å². The van der Waals surface area contributed by atoms with Gasteiger partial charge in [0.25, 0.3) is 5.69 Å². The topological polar surface area (TPSA) is 89.7 Å². The molecule has 0 heterocycles. The summed E-state index contributed by atoms with van der Waals surface area (Å²) in [6.45, 7) is 0. The van der Waals surface area contributed by atoms with Gasteiger partial charge in [0.05, 0.1) is 17.6 Å². The molecule has 21 heavy (non-hydrogen) atoms. The Kier molecular flexibility index (Phi) is 3.84. The van der Waals surface area contributed by atoms with Crippen molar-refractivity contribution in [1.82, 2.24) is 0 Å². The standard InChI is InChI=1S/C14H10FNO5/c1-21-12-4-2-3-11(13(12)15)8-5-9(14(17)18)7-10(6-8)16(19)20/h2-7H,1H3,(H,17,18). The number of methoxy groups -OCH3 is 1. The van der Waals surface area contributed by atoms with Crippen LogP contribution in [0.2, 0.25) is 0 Å². The molecule has 0 aliphatic carbocycles. The van der Waals surface area contributed by atoms with Crippen LogP contribution < -0.4 is 4.74 Å². The second-order valence-electron chi connectivity index (χ2n) is 4.15. The number of carboxylic acids is 1. The minimum atomic E-state index is -1.33. The van der Waals surface area contributed by atoms with Crippen LogP contribution in [0.15, 0.2) is 36.4 Å². The number of aromatic carboxylic acids is 1. The summed E-state index contributed by atoms with van der Waals surface area (Å²) in [5.41, 5.74) is -0.591. The van der Waals surface area contributed by atoms with Crippen molar-refractivity contribution in [1.29, 1.82) is 0 Å². The van der Waals surface area contributed by atoms with E-state index in [-0.39, 0.29) is 22.4 Å². The molecule has 7 heteroatoms. The highest BCUT2D eigenvalue weighted by Gasteiger charge is 2.17. The third-order valence-corrected chi connectivity index (χ3v) is 2.87. The zero-order chi connectivity index (χ0) is 15.6. The van der Waals surface area contributed by atoms with Crippen molar-refractivity contribution >= 4 is 11.7 Å². The van der Waals surface area contributed by atoms with Crippen LogP contribution >= 0.6 is 0 Å². The van der Waals surface area contributed by atoms with E-state index in [1.807, 2.05) is 0 Å². The maximum atomic E-state index is 14.2. The van der Waals surface area contributed by atoms with Crippen molar-refractivity contribution in [3.05, 3.63) is 57.9 Å². The molecule has 0 aromatic heterocycles. The van der Waals surface area contributed by atoms with Crippen molar-refractivity contribution < 1.29 is 24.0 Å². The molecule has 108 valence electrons. The van der Waals surface area contributed by atoms with Crippen LogP contribution in [0.4, 0.5) is 10.1 Å². The predicted octanol–water partition coefficient (Wildman–Crippen LogP) is 3.11. The van der Waals surface area contributed by atoms with Crippen LogP contribution in [0, 0.1) is 15.9 Å². The Morgan fingerprint density at radius 3 is 2.62 bits per heavy atom. The number of nitrogens with zero attached hydrogens (tertiary/aromatic N) is 1. The van der Waals surface area contributed by atoms with Gasteiger partial charge in [0, 0.05) is 17.7 Å². The second-order valence-corrected chi connectivity index (χ2v) is 4.15. The van der Waals surface area contributed by atoms with Gasteiger partial charge in [-0.25, -0.2) is 9.18 Å². The Labute approximate surface area is 118 Å². The highest BCUT2D eigenvalue weighted by atomic mass is 19.1. The number of nitro groups is 1. The van der Waals surface area contributed by atoms with Gasteiger partial charge in [-0.15, -0.1) is 0 Å². The van der Waals surface area contributed by atoms with Crippen molar-refractivity contribution in [2.45, 2.75) is 0 Å². The summed E-state index contributed by atoms with van der Waals surface area (Å²) in [6.07, 6.45) is 0. The Bertz CT molecular complexity index is 697. The van der Waals surface area contributed by atoms with Crippen LogP contribution in [0.1, 0.15) is 10.4 Å². The Morgan fingerprint density at radius 1 is 1.33 bits per heavy atom. The Balaban J connectivity index is 2.68. The molecule has 2 rings (SSSR count). The van der Waals surface area contributed by atoms with E-state index >= 15 is 0 Å². The van der Waals surface area contributed by atoms with Crippen molar-refractivity contribution in [2.24, 2.45) is 0 Å². The van der Waals surface area contributed by atoms with Gasteiger partial charge in [0.1, 0.15) is 0 Å². The van der Waals surface area contributed by atoms with E-state index < -0.39 is 22.4 Å². The molecule has 2 aromatic rings. The lowest BCUT2D eigenvalue weighted by molar-refractivity contribution is -0.384. The summed E-state index contributed by atoms with van der Waals surface area (Å²) < 4.78 is 19.0. The molecule has 0 atom stereocenters. The molecule has 0 aliphatic heterocycles. The lowest BCUT2D eigenvalue weighted by Gasteiger charge is -2.08. The van der Waals surface area contributed by atoms with E-state index in [1.54, 1.807) is 0 Å². The number of hydrogen-bond donors (Lipinski definition) is 1. The zero-order valence-corrected chi connectivity index (χ0v) is 10.9. The first-order valence-corrected chi connectivity index (χ1v) is 5.79. The molecule has 0 saturated carbocycles. The Hall–Kier alpha value is -2.96. The molecule has 6 nitrogen and oxygen atoms in total. The second kappa shape index (κ2) is 5.58. The summed E-state index contributed by atoms with van der Waals surface area (Å²) in [6, 6.07) is 7.51. The third-order valence-electron chi connectivity index (χ3n) is 2.87. The molecule has 0 unspecified atom stereocenters. The maximum absolute atomic E-state index is 14.2. The van der Waals surface area contributed by atoms with E-state index in [1.165, 1.54) is 31.4 Å².